The molecule has 3 rings (SSSR count). The van der Waals surface area contributed by atoms with Gasteiger partial charge in [0.1, 0.15) is 5.69 Å². The second-order valence-electron chi connectivity index (χ2n) is 4.93. The Balaban J connectivity index is 1.85. The fraction of sp³-hybridized carbons (Fsp3) is 0.0556. The van der Waals surface area contributed by atoms with Gasteiger partial charge in [0.15, 0.2) is 0 Å². The normalized spacial score (nSPS) is 10.3. The van der Waals surface area contributed by atoms with Crippen LogP contribution in [-0.2, 0) is 0 Å². The Morgan fingerprint density at radius 2 is 2.00 bits per heavy atom. The first-order chi connectivity index (χ1) is 11.3. The van der Waals surface area contributed by atoms with Crippen LogP contribution in [0.15, 0.2) is 67.5 Å². The van der Waals surface area contributed by atoms with Crippen molar-refractivity contribution in [1.29, 1.82) is 0 Å². The molecule has 0 spiro atoms. The second kappa shape index (κ2) is 6.70. The number of carbonyl (C=O) groups is 1. The van der Waals surface area contributed by atoms with Crippen LogP contribution >= 0.6 is 0 Å². The van der Waals surface area contributed by atoms with Crippen LogP contribution in [0.5, 0.6) is 0 Å². The monoisotopic (exact) mass is 304 g/mol. The van der Waals surface area contributed by atoms with Gasteiger partial charge in [0.25, 0.3) is 5.91 Å². The molecule has 23 heavy (non-hydrogen) atoms. The lowest BCUT2D eigenvalue weighted by molar-refractivity contribution is 0.102. The molecule has 1 aromatic carbocycles. The predicted molar refractivity (Wildman–Crippen MR) is 92.6 cm³/mol. The highest BCUT2D eigenvalue weighted by Crippen LogP contribution is 2.21. The summed E-state index contributed by atoms with van der Waals surface area (Å²) >= 11 is 0. The predicted octanol–water partition coefficient (Wildman–Crippen LogP) is 3.48. The number of rotatable bonds is 5. The zero-order valence-electron chi connectivity index (χ0n) is 12.5. The van der Waals surface area contributed by atoms with E-state index in [4.69, 9.17) is 0 Å². The van der Waals surface area contributed by atoms with Crippen LogP contribution < -0.4 is 10.6 Å². The Bertz CT molecular complexity index is 855. The summed E-state index contributed by atoms with van der Waals surface area (Å²) in [5.41, 5.74) is 2.58. The van der Waals surface area contributed by atoms with Gasteiger partial charge in [0.2, 0.25) is 0 Å². The van der Waals surface area contributed by atoms with Crippen LogP contribution in [0.3, 0.4) is 0 Å². The molecule has 0 aliphatic rings. The van der Waals surface area contributed by atoms with Gasteiger partial charge in [-0.05, 0) is 24.3 Å². The summed E-state index contributed by atoms with van der Waals surface area (Å²) in [4.78, 5) is 20.9. The number of hydrogen-bond donors (Lipinski definition) is 2. The van der Waals surface area contributed by atoms with Gasteiger partial charge in [-0.15, -0.1) is 6.58 Å². The maximum absolute atomic E-state index is 12.4. The number of hydrogen-bond acceptors (Lipinski definition) is 4. The molecule has 0 aliphatic carbocycles. The molecule has 114 valence electrons. The number of carbonyl (C=O) groups excluding carboxylic acids is 1. The Labute approximate surface area is 134 Å². The number of benzene rings is 1. The van der Waals surface area contributed by atoms with Crippen molar-refractivity contribution in [2.45, 2.75) is 0 Å². The average Bonchev–Trinajstić information content (AvgIpc) is 2.60. The Morgan fingerprint density at radius 1 is 1.13 bits per heavy atom. The van der Waals surface area contributed by atoms with Crippen LogP contribution in [0.25, 0.3) is 10.9 Å². The molecule has 0 atom stereocenters. The maximum atomic E-state index is 12.4. The molecule has 0 saturated carbocycles. The van der Waals surface area contributed by atoms with Crippen molar-refractivity contribution in [2.24, 2.45) is 0 Å². The van der Waals surface area contributed by atoms with Crippen molar-refractivity contribution >= 4 is 28.2 Å². The van der Waals surface area contributed by atoms with Gasteiger partial charge in [0, 0.05) is 30.0 Å². The first-order valence-electron chi connectivity index (χ1n) is 7.24. The molecular weight excluding hydrogens is 288 g/mol. The molecule has 5 nitrogen and oxygen atoms in total. The van der Waals surface area contributed by atoms with Crippen LogP contribution in [-0.4, -0.2) is 22.4 Å². The molecule has 0 bridgehead atoms. The lowest BCUT2D eigenvalue weighted by Gasteiger charge is -2.09. The summed E-state index contributed by atoms with van der Waals surface area (Å²) in [7, 11) is 0. The summed E-state index contributed by atoms with van der Waals surface area (Å²) in [6.45, 7) is 4.28. The third-order valence-electron chi connectivity index (χ3n) is 3.32. The first-order valence-corrected chi connectivity index (χ1v) is 7.24. The number of fused-ring (bicyclic) bond motifs is 1. The molecule has 0 saturated heterocycles. The van der Waals surface area contributed by atoms with E-state index in [1.54, 1.807) is 30.6 Å². The fourth-order valence-electron chi connectivity index (χ4n) is 2.25. The third-order valence-corrected chi connectivity index (χ3v) is 3.32. The highest BCUT2D eigenvalue weighted by molar-refractivity contribution is 6.07. The Morgan fingerprint density at radius 3 is 2.87 bits per heavy atom. The topological polar surface area (TPSA) is 66.9 Å². The number of aromatic nitrogens is 2. The van der Waals surface area contributed by atoms with Crippen molar-refractivity contribution in [1.82, 2.24) is 9.97 Å². The molecular formula is C18H16N4O. The molecule has 1 amide bonds. The van der Waals surface area contributed by atoms with Crippen LogP contribution in [0.2, 0.25) is 0 Å². The standard InChI is InChI=1S/C18H16N4O/c1-2-9-19-14-8-11-20-16(12-14)18(23)22-15-7-3-5-13-6-4-10-21-17(13)15/h2-8,10-12H,1,9H2,(H,19,20)(H,22,23). The second-order valence-corrected chi connectivity index (χ2v) is 4.93. The van der Waals surface area contributed by atoms with Gasteiger partial charge >= 0.3 is 0 Å². The van der Waals surface area contributed by atoms with E-state index in [9.17, 15) is 4.79 Å². The fourth-order valence-corrected chi connectivity index (χ4v) is 2.25. The number of nitrogens with zero attached hydrogens (tertiary/aromatic N) is 2. The van der Waals surface area contributed by atoms with Gasteiger partial charge in [0.05, 0.1) is 11.2 Å². The SMILES string of the molecule is C=CCNc1ccnc(C(=O)Nc2cccc3cccnc23)c1. The molecule has 0 aliphatic heterocycles. The zero-order valence-corrected chi connectivity index (χ0v) is 12.5. The summed E-state index contributed by atoms with van der Waals surface area (Å²) in [5.74, 6) is -0.273. The largest absolute Gasteiger partial charge is 0.381 e. The van der Waals surface area contributed by atoms with E-state index in [-0.39, 0.29) is 5.91 Å². The minimum absolute atomic E-state index is 0.273. The number of pyridine rings is 2. The molecule has 0 fully saturated rings. The summed E-state index contributed by atoms with van der Waals surface area (Å²) in [6.07, 6.45) is 5.06. The summed E-state index contributed by atoms with van der Waals surface area (Å²) < 4.78 is 0. The Kier molecular flexibility index (Phi) is 4.29. The summed E-state index contributed by atoms with van der Waals surface area (Å²) in [5, 5.41) is 6.98. The van der Waals surface area contributed by atoms with E-state index in [2.05, 4.69) is 27.2 Å². The van der Waals surface area contributed by atoms with Crippen molar-refractivity contribution in [3.8, 4) is 0 Å². The molecule has 5 heteroatoms. The van der Waals surface area contributed by atoms with Crippen molar-refractivity contribution in [2.75, 3.05) is 17.2 Å². The quantitative estimate of drug-likeness (QED) is 0.708. The molecule has 2 heterocycles. The zero-order chi connectivity index (χ0) is 16.1. The van der Waals surface area contributed by atoms with Gasteiger partial charge in [-0.25, -0.2) is 0 Å². The Hall–Kier alpha value is -3.21. The number of amides is 1. The van der Waals surface area contributed by atoms with Gasteiger partial charge < -0.3 is 10.6 Å². The van der Waals surface area contributed by atoms with Gasteiger partial charge in [-0.3, -0.25) is 14.8 Å². The van der Waals surface area contributed by atoms with E-state index in [0.717, 1.165) is 16.6 Å². The van der Waals surface area contributed by atoms with E-state index >= 15 is 0 Å². The van der Waals surface area contributed by atoms with Gasteiger partial charge in [-0.1, -0.05) is 24.3 Å². The van der Waals surface area contributed by atoms with Crippen LogP contribution in [0.1, 0.15) is 10.5 Å². The molecule has 2 aromatic heterocycles. The van der Waals surface area contributed by atoms with E-state index < -0.39 is 0 Å². The van der Waals surface area contributed by atoms with E-state index in [1.165, 1.54) is 0 Å². The highest BCUT2D eigenvalue weighted by Gasteiger charge is 2.10. The highest BCUT2D eigenvalue weighted by atomic mass is 16.1. The molecule has 3 aromatic rings. The lowest BCUT2D eigenvalue weighted by Crippen LogP contribution is -2.14. The minimum atomic E-state index is -0.273. The smallest absolute Gasteiger partial charge is 0.274 e. The van der Waals surface area contributed by atoms with Crippen molar-refractivity contribution in [3.05, 3.63) is 73.2 Å². The van der Waals surface area contributed by atoms with Crippen LogP contribution in [0, 0.1) is 0 Å². The molecule has 0 radical (unpaired) electrons. The number of nitrogens with one attached hydrogen (secondary N) is 2. The van der Waals surface area contributed by atoms with Gasteiger partial charge in [-0.2, -0.15) is 0 Å². The van der Waals surface area contributed by atoms with E-state index in [0.29, 0.717) is 17.9 Å². The lowest BCUT2D eigenvalue weighted by atomic mass is 10.2. The van der Waals surface area contributed by atoms with E-state index in [1.807, 2.05) is 30.3 Å². The maximum Gasteiger partial charge on any atom is 0.274 e. The minimum Gasteiger partial charge on any atom is -0.381 e. The summed E-state index contributed by atoms with van der Waals surface area (Å²) in [6, 6.07) is 13.0. The number of anilines is 2. The third kappa shape index (κ3) is 3.35. The molecule has 0 unspecified atom stereocenters. The molecule has 2 N–H and O–H groups in total. The number of para-hydroxylation sites is 1. The van der Waals surface area contributed by atoms with Crippen LogP contribution in [0.4, 0.5) is 11.4 Å². The average molecular weight is 304 g/mol. The van der Waals surface area contributed by atoms with Crippen molar-refractivity contribution in [3.63, 3.8) is 0 Å². The van der Waals surface area contributed by atoms with Crippen molar-refractivity contribution < 1.29 is 4.79 Å². The first kappa shape index (κ1) is 14.7.